The molecule has 0 unspecified atom stereocenters. The van der Waals surface area contributed by atoms with Crippen LogP contribution in [-0.2, 0) is 39.3 Å². The van der Waals surface area contributed by atoms with Crippen molar-refractivity contribution in [2.24, 2.45) is 10.2 Å². The van der Waals surface area contributed by atoms with Gasteiger partial charge in [-0.15, -0.1) is 5.11 Å². The molecule has 39 heavy (non-hydrogen) atoms. The van der Waals surface area contributed by atoms with Crippen LogP contribution < -0.4 is 69.5 Å². The number of sulfone groups is 1. The van der Waals surface area contributed by atoms with Gasteiger partial charge in [0, 0.05) is 12.6 Å². The zero-order valence-corrected chi connectivity index (χ0v) is 27.1. The summed E-state index contributed by atoms with van der Waals surface area (Å²) >= 11 is 0. The van der Waals surface area contributed by atoms with Crippen molar-refractivity contribution in [1.29, 1.82) is 0 Å². The third-order valence-corrected chi connectivity index (χ3v) is 7.64. The fraction of sp³-hybridized carbons (Fsp3) is 0.150. The molecule has 0 aliphatic rings. The summed E-state index contributed by atoms with van der Waals surface area (Å²) in [5, 5.41) is 22.8. The molecule has 3 aromatic carbocycles. The van der Waals surface area contributed by atoms with E-state index < -0.39 is 65.0 Å². The summed E-state index contributed by atoms with van der Waals surface area (Å²) in [5.41, 5.74) is -0.747. The molecule has 0 atom stereocenters. The summed E-state index contributed by atoms with van der Waals surface area (Å²) in [4.78, 5) is 10.0. The van der Waals surface area contributed by atoms with Crippen molar-refractivity contribution < 1.29 is 108 Å². The van der Waals surface area contributed by atoms with Gasteiger partial charge < -0.3 is 15.0 Å². The normalized spacial score (nSPS) is 12.1. The Morgan fingerprint density at radius 1 is 1.00 bits per heavy atom. The molecule has 0 aliphatic carbocycles. The fourth-order valence-electron chi connectivity index (χ4n) is 3.11. The standard InChI is InChI=1S/C20H19N3O11S3.2Na/c1-12(24)21-14-6-5-13-9-18(36(28,29)30)19(20(25)17(13)11-14)23-22-15-3-2-4-16(10-15)35(26,27)8-7-34-37(31,32)33;;/h2-6,9-11,25H,7-8H2,1H3,(H,21,24)(H,28,29,30)(H,31,32,33);;/q;2*+1/p-2. The van der Waals surface area contributed by atoms with E-state index in [0.29, 0.717) is 0 Å². The van der Waals surface area contributed by atoms with Gasteiger partial charge in [-0.05, 0) is 47.2 Å². The first-order valence-corrected chi connectivity index (χ1v) is 14.4. The summed E-state index contributed by atoms with van der Waals surface area (Å²) in [7, 11) is -14.1. The van der Waals surface area contributed by atoms with Gasteiger partial charge in [0.25, 0.3) is 0 Å². The zero-order chi connectivity index (χ0) is 27.6. The molecule has 198 valence electrons. The van der Waals surface area contributed by atoms with Crippen molar-refractivity contribution in [3.05, 3.63) is 48.5 Å². The third kappa shape index (κ3) is 9.83. The second-order valence-corrected chi connectivity index (χ2v) is 11.9. The van der Waals surface area contributed by atoms with Crippen molar-refractivity contribution in [2.75, 3.05) is 17.7 Å². The van der Waals surface area contributed by atoms with Gasteiger partial charge in [0.2, 0.25) is 5.91 Å². The number of benzene rings is 3. The van der Waals surface area contributed by atoms with E-state index in [1.165, 1.54) is 37.3 Å². The predicted molar refractivity (Wildman–Crippen MR) is 126 cm³/mol. The van der Waals surface area contributed by atoms with Gasteiger partial charge >= 0.3 is 69.5 Å². The van der Waals surface area contributed by atoms with Crippen molar-refractivity contribution in [3.63, 3.8) is 0 Å². The van der Waals surface area contributed by atoms with E-state index >= 15 is 0 Å². The van der Waals surface area contributed by atoms with Crippen LogP contribution >= 0.6 is 0 Å². The topological polar surface area (TPSA) is 232 Å². The molecule has 0 aliphatic heterocycles. The number of nitrogens with one attached hydrogen (secondary N) is 1. The maximum Gasteiger partial charge on any atom is 1.00 e. The van der Waals surface area contributed by atoms with Gasteiger partial charge in [-0.25, -0.2) is 21.0 Å². The first-order chi connectivity index (χ1) is 17.1. The molecule has 2 N–H and O–H groups in total. The maximum absolute atomic E-state index is 13.0. The number of carbonyl (C=O) groups excluding carboxylic acids is 1. The first-order valence-electron chi connectivity index (χ1n) is 9.94. The molecule has 0 spiro atoms. The number of hydrogen-bond acceptors (Lipinski definition) is 12. The van der Waals surface area contributed by atoms with Crippen molar-refractivity contribution >= 4 is 64.1 Å². The summed E-state index contributed by atoms with van der Waals surface area (Å²) in [6.07, 6.45) is 0. The Kier molecular flexibility index (Phi) is 12.7. The smallest absolute Gasteiger partial charge is 0.871 e. The Bertz CT molecular complexity index is 1750. The SMILES string of the molecule is CC(=O)Nc1ccc2cc(S(=O)(=O)[O-])c(N=Nc3cccc(S(=O)(=O)CCOS(=O)(=O)O)c3)c([O-])c2c1.[Na+].[Na+]. The van der Waals surface area contributed by atoms with Crippen molar-refractivity contribution in [2.45, 2.75) is 16.7 Å². The van der Waals surface area contributed by atoms with Crippen molar-refractivity contribution in [3.8, 4) is 5.75 Å². The maximum atomic E-state index is 13.0. The van der Waals surface area contributed by atoms with Gasteiger partial charge in [0.1, 0.15) is 10.1 Å². The quantitative estimate of drug-likeness (QED) is 0.133. The van der Waals surface area contributed by atoms with Crippen LogP contribution in [0.4, 0.5) is 17.1 Å². The largest absolute Gasteiger partial charge is 1.00 e. The molecular formula is C20H17N3Na2O11S3. The summed E-state index contributed by atoms with van der Waals surface area (Å²) in [6.45, 7) is 0.375. The summed E-state index contributed by atoms with van der Waals surface area (Å²) in [6, 6.07) is 9.59. The Labute approximate surface area is 268 Å². The minimum Gasteiger partial charge on any atom is -0.871 e. The number of carbonyl (C=O) groups is 1. The molecule has 0 aromatic heterocycles. The molecule has 0 fully saturated rings. The first kappa shape index (κ1) is 35.5. The number of fused-ring (bicyclic) bond motifs is 1. The van der Waals surface area contributed by atoms with E-state index in [1.54, 1.807) is 0 Å². The zero-order valence-electron chi connectivity index (χ0n) is 20.7. The Morgan fingerprint density at radius 2 is 1.67 bits per heavy atom. The molecule has 0 bridgehead atoms. The van der Waals surface area contributed by atoms with Crippen LogP contribution in [0.15, 0.2) is 68.6 Å². The Hall–Kier alpha value is -1.48. The number of amides is 1. The monoisotopic (exact) mass is 617 g/mol. The van der Waals surface area contributed by atoms with E-state index in [1.807, 2.05) is 0 Å². The minimum atomic E-state index is -5.19. The molecule has 19 heteroatoms. The summed E-state index contributed by atoms with van der Waals surface area (Å²) < 4.78 is 94.1. The van der Waals surface area contributed by atoms with Crippen LogP contribution in [0.5, 0.6) is 5.75 Å². The van der Waals surface area contributed by atoms with Crippen LogP contribution in [-0.4, -0.2) is 52.6 Å². The van der Waals surface area contributed by atoms with Gasteiger partial charge in [-0.1, -0.05) is 17.9 Å². The van der Waals surface area contributed by atoms with Gasteiger partial charge in [0.15, 0.2) is 9.84 Å². The average molecular weight is 618 g/mol. The number of azo groups is 1. The second kappa shape index (κ2) is 13.9. The molecule has 3 aromatic rings. The van der Waals surface area contributed by atoms with Crippen LogP contribution in [0.1, 0.15) is 6.92 Å². The van der Waals surface area contributed by atoms with E-state index in [2.05, 4.69) is 19.7 Å². The molecule has 1 amide bonds. The molecule has 0 radical (unpaired) electrons. The minimum absolute atomic E-state index is 0. The van der Waals surface area contributed by atoms with E-state index in [0.717, 1.165) is 18.2 Å². The summed E-state index contributed by atoms with van der Waals surface area (Å²) in [5.74, 6) is -2.23. The van der Waals surface area contributed by atoms with E-state index in [4.69, 9.17) is 4.55 Å². The third-order valence-electron chi connectivity index (χ3n) is 4.65. The van der Waals surface area contributed by atoms with E-state index in [-0.39, 0.29) is 86.2 Å². The number of anilines is 1. The second-order valence-electron chi connectivity index (χ2n) is 7.39. The molecule has 0 saturated heterocycles. The Balaban J connectivity index is 0.00000380. The molecule has 3 rings (SSSR count). The molecule has 14 nitrogen and oxygen atoms in total. The van der Waals surface area contributed by atoms with Gasteiger partial charge in [0.05, 0.1) is 33.5 Å². The molecule has 0 saturated carbocycles. The van der Waals surface area contributed by atoms with Crippen molar-refractivity contribution in [1.82, 2.24) is 0 Å². The average Bonchev–Trinajstić information content (AvgIpc) is 2.77. The predicted octanol–water partition coefficient (Wildman–Crippen LogP) is -4.21. The van der Waals surface area contributed by atoms with Crippen LogP contribution in [0, 0.1) is 0 Å². The van der Waals surface area contributed by atoms with Crippen LogP contribution in [0.2, 0.25) is 0 Å². The Morgan fingerprint density at radius 3 is 2.26 bits per heavy atom. The van der Waals surface area contributed by atoms with Gasteiger partial charge in [-0.2, -0.15) is 13.5 Å². The number of rotatable bonds is 9. The van der Waals surface area contributed by atoms with Crippen LogP contribution in [0.25, 0.3) is 10.8 Å². The fourth-order valence-corrected chi connectivity index (χ4v) is 5.27. The molecule has 0 heterocycles. The van der Waals surface area contributed by atoms with E-state index in [9.17, 15) is 39.7 Å². The molecular weight excluding hydrogens is 600 g/mol. The number of hydrogen-bond donors (Lipinski definition) is 2. The number of nitrogens with zero attached hydrogens (tertiary/aromatic N) is 2. The van der Waals surface area contributed by atoms with Crippen LogP contribution in [0.3, 0.4) is 0 Å². The van der Waals surface area contributed by atoms with Gasteiger partial charge in [-0.3, -0.25) is 9.35 Å².